The van der Waals surface area contributed by atoms with Crippen molar-refractivity contribution in [3.05, 3.63) is 0 Å². The molecule has 1 aliphatic carbocycles. The molecule has 3 N–H and O–H groups in total. The molecule has 3 aliphatic rings. The van der Waals surface area contributed by atoms with Gasteiger partial charge < -0.3 is 25.0 Å². The standard InChI is InChI=1S/C21H32N2O8/c1-3-5-7-9-13(24)30-12-11-21(12)17(31-14(25)10-8-6-4-2)15(26)16(27)18-22-19(28)20(29)23(18)21/h12,15-18,26-27H,3-11H2,1-2H3,(H,22,28)/t12?,15-,16+,17+,18?,21?/m1/s1. The van der Waals surface area contributed by atoms with Crippen LogP contribution in [0.4, 0.5) is 0 Å². The molecule has 1 spiro atoms. The van der Waals surface area contributed by atoms with Gasteiger partial charge in [0.2, 0.25) is 0 Å². The van der Waals surface area contributed by atoms with Crippen LogP contribution in [0.1, 0.15) is 71.6 Å². The molecular weight excluding hydrogens is 408 g/mol. The van der Waals surface area contributed by atoms with Crippen molar-refractivity contribution in [1.82, 2.24) is 10.2 Å². The van der Waals surface area contributed by atoms with Crippen LogP contribution in [0.2, 0.25) is 0 Å². The van der Waals surface area contributed by atoms with Gasteiger partial charge in [0.1, 0.15) is 30.0 Å². The van der Waals surface area contributed by atoms with Crippen molar-refractivity contribution in [2.75, 3.05) is 0 Å². The Kier molecular flexibility index (Phi) is 7.20. The predicted molar refractivity (Wildman–Crippen MR) is 106 cm³/mol. The monoisotopic (exact) mass is 440 g/mol. The summed E-state index contributed by atoms with van der Waals surface area (Å²) < 4.78 is 11.1. The highest BCUT2D eigenvalue weighted by atomic mass is 16.6. The van der Waals surface area contributed by atoms with Crippen LogP contribution in [-0.2, 0) is 28.7 Å². The number of amides is 2. The number of ether oxygens (including phenoxy) is 2. The van der Waals surface area contributed by atoms with Crippen LogP contribution in [0.3, 0.4) is 0 Å². The number of unbranched alkanes of at least 4 members (excludes halogenated alkanes) is 4. The van der Waals surface area contributed by atoms with E-state index in [0.29, 0.717) is 12.8 Å². The third-order valence-electron chi connectivity index (χ3n) is 6.31. The predicted octanol–water partition coefficient (Wildman–Crippen LogP) is 0.133. The molecule has 0 aromatic carbocycles. The molecule has 10 heteroatoms. The van der Waals surface area contributed by atoms with Crippen LogP contribution >= 0.6 is 0 Å². The van der Waals surface area contributed by atoms with Gasteiger partial charge in [0.05, 0.1) is 0 Å². The van der Waals surface area contributed by atoms with E-state index in [0.717, 1.165) is 30.6 Å². The summed E-state index contributed by atoms with van der Waals surface area (Å²) in [5, 5.41) is 23.6. The Hall–Kier alpha value is -2.20. The first kappa shape index (κ1) is 23.5. The molecule has 174 valence electrons. The summed E-state index contributed by atoms with van der Waals surface area (Å²) in [6.07, 6.45) is -1.13. The summed E-state index contributed by atoms with van der Waals surface area (Å²) in [5.41, 5.74) is -1.37. The molecule has 31 heavy (non-hydrogen) atoms. The second kappa shape index (κ2) is 9.52. The summed E-state index contributed by atoms with van der Waals surface area (Å²) in [6.45, 7) is 4.01. The lowest BCUT2D eigenvalue weighted by Crippen LogP contribution is -2.70. The number of piperidine rings is 1. The maximum Gasteiger partial charge on any atom is 0.314 e. The zero-order valence-corrected chi connectivity index (χ0v) is 18.0. The highest BCUT2D eigenvalue weighted by Gasteiger charge is 2.77. The maximum atomic E-state index is 12.6. The van der Waals surface area contributed by atoms with Gasteiger partial charge in [-0.1, -0.05) is 39.5 Å². The molecule has 3 rings (SSSR count). The molecule has 0 radical (unpaired) electrons. The summed E-state index contributed by atoms with van der Waals surface area (Å²) in [4.78, 5) is 50.3. The Labute approximate surface area is 181 Å². The molecule has 1 saturated carbocycles. The minimum absolute atomic E-state index is 0.112. The summed E-state index contributed by atoms with van der Waals surface area (Å²) in [5.74, 6) is -2.86. The Bertz CT molecular complexity index is 728. The number of nitrogens with one attached hydrogen (secondary N) is 1. The van der Waals surface area contributed by atoms with Crippen LogP contribution in [0.5, 0.6) is 0 Å². The van der Waals surface area contributed by atoms with E-state index in [4.69, 9.17) is 9.47 Å². The fourth-order valence-electron chi connectivity index (χ4n) is 4.54. The number of rotatable bonds is 10. The first-order valence-electron chi connectivity index (χ1n) is 11.2. The summed E-state index contributed by atoms with van der Waals surface area (Å²) in [7, 11) is 0. The number of esters is 2. The van der Waals surface area contributed by atoms with E-state index in [1.54, 1.807) is 0 Å². The van der Waals surface area contributed by atoms with E-state index in [1.807, 2.05) is 13.8 Å². The van der Waals surface area contributed by atoms with Gasteiger partial charge >= 0.3 is 23.8 Å². The van der Waals surface area contributed by atoms with Crippen LogP contribution < -0.4 is 5.32 Å². The molecule has 2 heterocycles. The molecule has 3 fully saturated rings. The maximum absolute atomic E-state index is 12.6. The number of nitrogens with zero attached hydrogens (tertiary/aromatic N) is 1. The fourth-order valence-corrected chi connectivity index (χ4v) is 4.54. The first-order chi connectivity index (χ1) is 14.8. The average molecular weight is 440 g/mol. The smallest absolute Gasteiger partial charge is 0.314 e. The second-order valence-corrected chi connectivity index (χ2v) is 8.57. The lowest BCUT2D eigenvalue weighted by atomic mass is 9.89. The number of carbonyl (C=O) groups is 4. The largest absolute Gasteiger partial charge is 0.460 e. The normalized spacial score (nSPS) is 33.8. The highest BCUT2D eigenvalue weighted by molar-refractivity contribution is 6.37. The van der Waals surface area contributed by atoms with E-state index in [9.17, 15) is 29.4 Å². The SMILES string of the molecule is CCCCCC(=O)OC1CC12[C@@H](OC(=O)CCCCC)[C@H](O)[C@H](O)C1NC(=O)C(=O)N12. The van der Waals surface area contributed by atoms with Crippen molar-refractivity contribution in [2.24, 2.45) is 0 Å². The number of aliphatic hydroxyl groups excluding tert-OH is 2. The molecule has 2 amide bonds. The molecule has 2 aliphatic heterocycles. The summed E-state index contributed by atoms with van der Waals surface area (Å²) >= 11 is 0. The number of hydrogen-bond acceptors (Lipinski definition) is 8. The van der Waals surface area contributed by atoms with E-state index >= 15 is 0 Å². The van der Waals surface area contributed by atoms with Crippen molar-refractivity contribution in [3.63, 3.8) is 0 Å². The van der Waals surface area contributed by atoms with Gasteiger partial charge in [-0.15, -0.1) is 0 Å². The van der Waals surface area contributed by atoms with Crippen molar-refractivity contribution in [2.45, 2.75) is 108 Å². The van der Waals surface area contributed by atoms with E-state index in [2.05, 4.69) is 5.32 Å². The van der Waals surface area contributed by atoms with Crippen LogP contribution in [0.25, 0.3) is 0 Å². The molecule has 6 atom stereocenters. The molecule has 3 unspecified atom stereocenters. The molecule has 0 bridgehead atoms. The Balaban J connectivity index is 1.80. The Morgan fingerprint density at radius 1 is 1.00 bits per heavy atom. The second-order valence-electron chi connectivity index (χ2n) is 8.57. The van der Waals surface area contributed by atoms with E-state index in [1.165, 1.54) is 0 Å². The van der Waals surface area contributed by atoms with Gasteiger partial charge in [0.15, 0.2) is 6.10 Å². The number of carbonyl (C=O) groups excluding carboxylic acids is 4. The Morgan fingerprint density at radius 3 is 2.16 bits per heavy atom. The van der Waals surface area contributed by atoms with Gasteiger partial charge in [-0.3, -0.25) is 24.1 Å². The zero-order chi connectivity index (χ0) is 22.8. The quantitative estimate of drug-likeness (QED) is 0.247. The van der Waals surface area contributed by atoms with Crippen molar-refractivity contribution >= 4 is 23.8 Å². The van der Waals surface area contributed by atoms with Gasteiger partial charge in [-0.2, -0.15) is 0 Å². The van der Waals surface area contributed by atoms with Crippen molar-refractivity contribution in [3.8, 4) is 0 Å². The topological polar surface area (TPSA) is 142 Å². The van der Waals surface area contributed by atoms with Gasteiger partial charge in [-0.05, 0) is 12.8 Å². The van der Waals surface area contributed by atoms with Gasteiger partial charge in [0, 0.05) is 19.3 Å². The van der Waals surface area contributed by atoms with Crippen LogP contribution in [-0.4, -0.2) is 75.0 Å². The minimum Gasteiger partial charge on any atom is -0.460 e. The zero-order valence-electron chi connectivity index (χ0n) is 18.0. The molecule has 0 aromatic heterocycles. The minimum atomic E-state index is -1.55. The summed E-state index contributed by atoms with van der Waals surface area (Å²) in [6, 6.07) is 0. The van der Waals surface area contributed by atoms with Crippen LogP contribution in [0.15, 0.2) is 0 Å². The van der Waals surface area contributed by atoms with Crippen molar-refractivity contribution < 1.29 is 38.9 Å². The third-order valence-corrected chi connectivity index (χ3v) is 6.31. The molecule has 2 saturated heterocycles. The molecule has 10 nitrogen and oxygen atoms in total. The molecular formula is C21H32N2O8. The lowest BCUT2D eigenvalue weighted by Gasteiger charge is -2.47. The van der Waals surface area contributed by atoms with Gasteiger partial charge in [-0.25, -0.2) is 0 Å². The highest BCUT2D eigenvalue weighted by Crippen LogP contribution is 2.54. The fraction of sp³-hybridized carbons (Fsp3) is 0.810. The lowest BCUT2D eigenvalue weighted by molar-refractivity contribution is -0.203. The van der Waals surface area contributed by atoms with E-state index in [-0.39, 0.29) is 19.3 Å². The average Bonchev–Trinajstić information content (AvgIpc) is 3.33. The third kappa shape index (κ3) is 4.41. The number of aliphatic hydroxyl groups is 2. The molecule has 0 aromatic rings. The van der Waals surface area contributed by atoms with Crippen molar-refractivity contribution in [1.29, 1.82) is 0 Å². The number of fused-ring (bicyclic) bond motifs is 2. The number of hydrogen-bond donors (Lipinski definition) is 3. The van der Waals surface area contributed by atoms with Gasteiger partial charge in [0.25, 0.3) is 0 Å². The Morgan fingerprint density at radius 2 is 1.58 bits per heavy atom. The first-order valence-corrected chi connectivity index (χ1v) is 11.2. The van der Waals surface area contributed by atoms with E-state index < -0.39 is 59.9 Å². The van der Waals surface area contributed by atoms with Crippen LogP contribution in [0, 0.1) is 0 Å².